The Bertz CT molecular complexity index is 1490. The predicted octanol–water partition coefficient (Wildman–Crippen LogP) is 4.29. The van der Waals surface area contributed by atoms with E-state index in [2.05, 4.69) is 9.97 Å². The van der Waals surface area contributed by atoms with Crippen molar-refractivity contribution < 1.29 is 24.2 Å². The molecule has 3 heterocycles. The van der Waals surface area contributed by atoms with Crippen LogP contribution in [0, 0.1) is 0 Å². The first kappa shape index (κ1) is 23.0. The molecular formula is C28H23N3O5. The van der Waals surface area contributed by atoms with Crippen LogP contribution in [0.25, 0.3) is 16.7 Å². The highest BCUT2D eigenvalue weighted by Gasteiger charge is 2.47. The standard InChI is InChI=1S/C28H23N3O5/c1-2-36-23(32)15-17-10-12-18(13-11-17)31-25(22-9-5-6-14-29-22)24(27(34)28(31)35)26(33)20-16-30-21-8-4-3-7-19(20)21/h3-14,16,25,30,33H,2,15H2,1H3/b26-24-. The Morgan fingerprint density at radius 1 is 1.06 bits per heavy atom. The molecule has 2 aromatic carbocycles. The Morgan fingerprint density at radius 2 is 1.81 bits per heavy atom. The second-order valence-corrected chi connectivity index (χ2v) is 8.32. The van der Waals surface area contributed by atoms with Gasteiger partial charge in [0.15, 0.2) is 0 Å². The number of fused-ring (bicyclic) bond motifs is 1. The number of benzene rings is 2. The normalized spacial score (nSPS) is 17.0. The maximum absolute atomic E-state index is 13.3. The van der Waals surface area contributed by atoms with Crippen molar-refractivity contribution in [2.45, 2.75) is 19.4 Å². The van der Waals surface area contributed by atoms with Gasteiger partial charge in [0.2, 0.25) is 0 Å². The summed E-state index contributed by atoms with van der Waals surface area (Å²) < 4.78 is 5.00. The number of hydrogen-bond donors (Lipinski definition) is 2. The number of hydrogen-bond acceptors (Lipinski definition) is 6. The summed E-state index contributed by atoms with van der Waals surface area (Å²) in [5, 5.41) is 12.1. The van der Waals surface area contributed by atoms with Crippen LogP contribution < -0.4 is 4.90 Å². The minimum Gasteiger partial charge on any atom is -0.507 e. The zero-order valence-electron chi connectivity index (χ0n) is 19.5. The number of carbonyl (C=O) groups excluding carboxylic acids is 3. The quantitative estimate of drug-likeness (QED) is 0.184. The Morgan fingerprint density at radius 3 is 2.53 bits per heavy atom. The number of aliphatic hydroxyl groups excluding tert-OH is 1. The van der Waals surface area contributed by atoms with Gasteiger partial charge in [-0.05, 0) is 42.8 Å². The number of aliphatic hydroxyl groups is 1. The smallest absolute Gasteiger partial charge is 0.310 e. The molecule has 180 valence electrons. The number of carbonyl (C=O) groups is 3. The van der Waals surface area contributed by atoms with Crippen LogP contribution in [0.2, 0.25) is 0 Å². The molecule has 0 saturated carbocycles. The molecule has 1 atom stereocenters. The number of amides is 1. The van der Waals surface area contributed by atoms with E-state index in [1.54, 1.807) is 61.8 Å². The first-order chi connectivity index (χ1) is 17.5. The van der Waals surface area contributed by atoms with Crippen molar-refractivity contribution >= 4 is 40.0 Å². The van der Waals surface area contributed by atoms with Crippen LogP contribution in [-0.2, 0) is 25.5 Å². The fourth-order valence-corrected chi connectivity index (χ4v) is 4.48. The lowest BCUT2D eigenvalue weighted by Crippen LogP contribution is -2.29. The minimum atomic E-state index is -0.934. The number of H-pyrrole nitrogens is 1. The molecule has 1 amide bonds. The Balaban J connectivity index is 1.61. The number of ether oxygens (including phenoxy) is 1. The molecular weight excluding hydrogens is 458 g/mol. The third kappa shape index (κ3) is 4.02. The molecule has 36 heavy (non-hydrogen) atoms. The summed E-state index contributed by atoms with van der Waals surface area (Å²) in [6.07, 6.45) is 3.29. The van der Waals surface area contributed by atoms with Crippen LogP contribution in [0.3, 0.4) is 0 Å². The molecule has 5 rings (SSSR count). The molecule has 8 heteroatoms. The fraction of sp³-hybridized carbons (Fsp3) is 0.143. The van der Waals surface area contributed by atoms with Crippen LogP contribution in [0.4, 0.5) is 5.69 Å². The van der Waals surface area contributed by atoms with Crippen molar-refractivity contribution in [3.63, 3.8) is 0 Å². The molecule has 2 aromatic heterocycles. The van der Waals surface area contributed by atoms with Gasteiger partial charge in [0.1, 0.15) is 11.8 Å². The third-order valence-corrected chi connectivity index (χ3v) is 6.13. The van der Waals surface area contributed by atoms with Gasteiger partial charge in [-0.15, -0.1) is 0 Å². The highest BCUT2D eigenvalue weighted by molar-refractivity contribution is 6.51. The predicted molar refractivity (Wildman–Crippen MR) is 134 cm³/mol. The summed E-state index contributed by atoms with van der Waals surface area (Å²) in [5.74, 6) is -2.20. The number of para-hydroxylation sites is 1. The van der Waals surface area contributed by atoms with Gasteiger partial charge in [-0.2, -0.15) is 0 Å². The number of nitrogens with one attached hydrogen (secondary N) is 1. The topological polar surface area (TPSA) is 113 Å². The first-order valence-electron chi connectivity index (χ1n) is 11.5. The number of aromatic nitrogens is 2. The molecule has 0 aliphatic carbocycles. The van der Waals surface area contributed by atoms with Crippen LogP contribution >= 0.6 is 0 Å². The molecule has 1 unspecified atom stereocenters. The van der Waals surface area contributed by atoms with Crippen molar-refractivity contribution in [1.29, 1.82) is 0 Å². The molecule has 1 saturated heterocycles. The summed E-state index contributed by atoms with van der Waals surface area (Å²) in [5.41, 5.74) is 2.77. The maximum atomic E-state index is 13.3. The van der Waals surface area contributed by atoms with E-state index in [9.17, 15) is 19.5 Å². The first-order valence-corrected chi connectivity index (χ1v) is 11.5. The fourth-order valence-electron chi connectivity index (χ4n) is 4.48. The highest BCUT2D eigenvalue weighted by Crippen LogP contribution is 2.42. The molecule has 1 aliphatic heterocycles. The maximum Gasteiger partial charge on any atom is 0.310 e. The number of ketones is 1. The Hall–Kier alpha value is -4.72. The zero-order chi connectivity index (χ0) is 25.2. The van der Waals surface area contributed by atoms with Crippen molar-refractivity contribution in [2.24, 2.45) is 0 Å². The number of rotatable bonds is 6. The number of anilines is 1. The van der Waals surface area contributed by atoms with Gasteiger partial charge in [-0.3, -0.25) is 24.3 Å². The van der Waals surface area contributed by atoms with Crippen LogP contribution in [0.5, 0.6) is 0 Å². The van der Waals surface area contributed by atoms with Gasteiger partial charge in [0, 0.05) is 34.5 Å². The average molecular weight is 482 g/mol. The molecule has 4 aromatic rings. The molecule has 0 spiro atoms. The minimum absolute atomic E-state index is 0.0425. The Labute approximate surface area is 206 Å². The van der Waals surface area contributed by atoms with E-state index in [-0.39, 0.29) is 23.7 Å². The number of aromatic amines is 1. The summed E-state index contributed by atoms with van der Waals surface area (Å²) in [6.45, 7) is 2.04. The van der Waals surface area contributed by atoms with Crippen LogP contribution in [-0.4, -0.2) is 39.3 Å². The van der Waals surface area contributed by atoms with Crippen molar-refractivity contribution in [2.75, 3.05) is 11.5 Å². The summed E-state index contributed by atoms with van der Waals surface area (Å²) in [7, 11) is 0. The van der Waals surface area contributed by atoms with Gasteiger partial charge in [-0.25, -0.2) is 0 Å². The van der Waals surface area contributed by atoms with Gasteiger partial charge < -0.3 is 14.8 Å². The van der Waals surface area contributed by atoms with E-state index < -0.39 is 17.7 Å². The van der Waals surface area contributed by atoms with Gasteiger partial charge in [-0.1, -0.05) is 36.4 Å². The average Bonchev–Trinajstić information content (AvgIpc) is 3.44. The lowest BCUT2D eigenvalue weighted by molar-refractivity contribution is -0.142. The largest absolute Gasteiger partial charge is 0.507 e. The van der Waals surface area contributed by atoms with E-state index in [4.69, 9.17) is 4.74 Å². The molecule has 8 nitrogen and oxygen atoms in total. The molecule has 1 fully saturated rings. The summed E-state index contributed by atoms with van der Waals surface area (Å²) in [4.78, 5) is 47.3. The van der Waals surface area contributed by atoms with E-state index in [1.807, 2.05) is 24.3 Å². The number of nitrogens with zero attached hydrogens (tertiary/aromatic N) is 2. The van der Waals surface area contributed by atoms with E-state index in [0.717, 1.165) is 10.9 Å². The van der Waals surface area contributed by atoms with Crippen molar-refractivity contribution in [1.82, 2.24) is 9.97 Å². The lowest BCUT2D eigenvalue weighted by Gasteiger charge is -2.24. The monoisotopic (exact) mass is 481 g/mol. The molecule has 0 bridgehead atoms. The van der Waals surface area contributed by atoms with Gasteiger partial charge >= 0.3 is 5.97 Å². The van der Waals surface area contributed by atoms with Gasteiger partial charge in [0.25, 0.3) is 11.7 Å². The molecule has 2 N–H and O–H groups in total. The van der Waals surface area contributed by atoms with Crippen LogP contribution in [0.15, 0.2) is 84.7 Å². The molecule has 1 aliphatic rings. The lowest BCUT2D eigenvalue weighted by atomic mass is 9.98. The van der Waals surface area contributed by atoms with E-state index in [0.29, 0.717) is 29.1 Å². The second-order valence-electron chi connectivity index (χ2n) is 8.32. The van der Waals surface area contributed by atoms with Crippen molar-refractivity contribution in [3.05, 3.63) is 102 Å². The van der Waals surface area contributed by atoms with E-state index >= 15 is 0 Å². The number of pyridine rings is 1. The Kier molecular flexibility index (Phi) is 6.08. The zero-order valence-corrected chi connectivity index (χ0v) is 19.5. The van der Waals surface area contributed by atoms with E-state index in [1.165, 1.54) is 4.90 Å². The second kappa shape index (κ2) is 9.50. The number of Topliss-reactive ketones (excluding diaryl/α,β-unsaturated/α-hetero) is 1. The summed E-state index contributed by atoms with van der Waals surface area (Å²) in [6, 6.07) is 18.4. The SMILES string of the molecule is CCOC(=O)Cc1ccc(N2C(=O)C(=O)/C(=C(\O)c3c[nH]c4ccccc34)C2c2ccccn2)cc1. The molecule has 0 radical (unpaired) electrons. The third-order valence-electron chi connectivity index (χ3n) is 6.13. The van der Waals surface area contributed by atoms with Crippen molar-refractivity contribution in [3.8, 4) is 0 Å². The highest BCUT2D eigenvalue weighted by atomic mass is 16.5. The number of esters is 1. The van der Waals surface area contributed by atoms with Gasteiger partial charge in [0.05, 0.1) is 24.3 Å². The summed E-state index contributed by atoms with van der Waals surface area (Å²) >= 11 is 0. The van der Waals surface area contributed by atoms with Crippen LogP contribution in [0.1, 0.15) is 29.8 Å².